The smallest absolute Gasteiger partial charge is 0.267 e. The van der Waals surface area contributed by atoms with Crippen molar-refractivity contribution in [2.24, 2.45) is 5.73 Å². The van der Waals surface area contributed by atoms with Crippen molar-refractivity contribution in [3.63, 3.8) is 0 Å². The summed E-state index contributed by atoms with van der Waals surface area (Å²) in [6, 6.07) is 5.77. The highest BCUT2D eigenvalue weighted by Gasteiger charge is 2.33. The molecule has 0 saturated heterocycles. The third-order valence-corrected chi connectivity index (χ3v) is 3.08. The Morgan fingerprint density at radius 2 is 1.91 bits per heavy atom. The molecule has 1 aromatic carbocycles. The lowest BCUT2D eigenvalue weighted by atomic mass is 9.95. The number of hydrogen-bond donors (Lipinski definition) is 4. The standard InChI is InChI=1S/C15H23N3O4/c1-4-22-9-10-5-7-11(8-6-10)13(19)17-12(14(20)18-21)15(2,3)16/h5-8,12,21H,4,9,16H2,1-3H3,(H,17,19)(H,18,20)/t12-/m1/s1. The Labute approximate surface area is 129 Å². The van der Waals surface area contributed by atoms with Crippen molar-refractivity contribution in [2.45, 2.75) is 39.0 Å². The second kappa shape index (κ2) is 7.88. The van der Waals surface area contributed by atoms with Crippen LogP contribution in [-0.2, 0) is 16.1 Å². The van der Waals surface area contributed by atoms with Crippen LogP contribution in [-0.4, -0.2) is 35.2 Å². The number of carbonyl (C=O) groups excluding carboxylic acids is 2. The van der Waals surface area contributed by atoms with Crippen molar-refractivity contribution in [2.75, 3.05) is 6.61 Å². The molecule has 1 atom stereocenters. The summed E-state index contributed by atoms with van der Waals surface area (Å²) in [6.45, 7) is 6.16. The molecule has 7 nitrogen and oxygen atoms in total. The van der Waals surface area contributed by atoms with E-state index in [1.165, 1.54) is 5.48 Å². The molecule has 22 heavy (non-hydrogen) atoms. The Hall–Kier alpha value is -1.96. The molecule has 1 rings (SSSR count). The van der Waals surface area contributed by atoms with E-state index < -0.39 is 23.4 Å². The molecule has 0 unspecified atom stereocenters. The lowest BCUT2D eigenvalue weighted by molar-refractivity contribution is -0.132. The Balaban J connectivity index is 2.80. The minimum absolute atomic E-state index is 0.389. The molecule has 0 fully saturated rings. The van der Waals surface area contributed by atoms with E-state index in [0.717, 1.165) is 5.56 Å². The number of hydroxylamine groups is 1. The number of nitrogens with two attached hydrogens (primary N) is 1. The number of carbonyl (C=O) groups is 2. The minimum atomic E-state index is -1.06. The van der Waals surface area contributed by atoms with Crippen molar-refractivity contribution < 1.29 is 19.5 Å². The van der Waals surface area contributed by atoms with Gasteiger partial charge in [-0.15, -0.1) is 0 Å². The van der Waals surface area contributed by atoms with Crippen LogP contribution in [0.1, 0.15) is 36.7 Å². The molecular weight excluding hydrogens is 286 g/mol. The topological polar surface area (TPSA) is 114 Å². The quantitative estimate of drug-likeness (QED) is 0.434. The van der Waals surface area contributed by atoms with E-state index >= 15 is 0 Å². The Bertz CT molecular complexity index is 509. The molecule has 1 aromatic rings. The summed E-state index contributed by atoms with van der Waals surface area (Å²) in [7, 11) is 0. The van der Waals surface area contributed by atoms with Gasteiger partial charge in [0.25, 0.3) is 11.8 Å². The Kier molecular flexibility index (Phi) is 6.48. The Morgan fingerprint density at radius 3 is 2.36 bits per heavy atom. The normalized spacial score (nSPS) is 12.6. The number of ether oxygens (including phenoxy) is 1. The number of hydrogen-bond acceptors (Lipinski definition) is 5. The summed E-state index contributed by atoms with van der Waals surface area (Å²) in [5, 5.41) is 11.3. The van der Waals surface area contributed by atoms with Crippen molar-refractivity contribution in [1.82, 2.24) is 10.8 Å². The molecule has 7 heteroatoms. The van der Waals surface area contributed by atoms with E-state index in [4.69, 9.17) is 15.7 Å². The van der Waals surface area contributed by atoms with Gasteiger partial charge in [-0.3, -0.25) is 14.8 Å². The average Bonchev–Trinajstić information content (AvgIpc) is 2.49. The molecule has 0 aliphatic carbocycles. The van der Waals surface area contributed by atoms with Crippen molar-refractivity contribution in [3.8, 4) is 0 Å². The highest BCUT2D eigenvalue weighted by atomic mass is 16.5. The van der Waals surface area contributed by atoms with Crippen molar-refractivity contribution in [3.05, 3.63) is 35.4 Å². The zero-order valence-corrected chi connectivity index (χ0v) is 13.1. The maximum atomic E-state index is 12.2. The molecular formula is C15H23N3O4. The highest BCUT2D eigenvalue weighted by Crippen LogP contribution is 2.09. The number of benzene rings is 1. The van der Waals surface area contributed by atoms with Crippen LogP contribution in [0.5, 0.6) is 0 Å². The molecule has 122 valence electrons. The van der Waals surface area contributed by atoms with Crippen LogP contribution in [0.4, 0.5) is 0 Å². The summed E-state index contributed by atoms with van der Waals surface area (Å²) in [4.78, 5) is 23.8. The monoisotopic (exact) mass is 309 g/mol. The predicted molar refractivity (Wildman–Crippen MR) is 81.2 cm³/mol. The van der Waals surface area contributed by atoms with Gasteiger partial charge in [-0.1, -0.05) is 12.1 Å². The maximum Gasteiger partial charge on any atom is 0.267 e. The van der Waals surface area contributed by atoms with Crippen molar-refractivity contribution in [1.29, 1.82) is 0 Å². The van der Waals surface area contributed by atoms with Gasteiger partial charge in [-0.05, 0) is 38.5 Å². The highest BCUT2D eigenvalue weighted by molar-refractivity contribution is 5.97. The lowest BCUT2D eigenvalue weighted by Crippen LogP contribution is -2.61. The zero-order valence-electron chi connectivity index (χ0n) is 13.1. The summed E-state index contributed by atoms with van der Waals surface area (Å²) >= 11 is 0. The van der Waals surface area contributed by atoms with E-state index in [9.17, 15) is 9.59 Å². The van der Waals surface area contributed by atoms with Gasteiger partial charge in [0.05, 0.1) is 6.61 Å². The van der Waals surface area contributed by atoms with Gasteiger partial charge < -0.3 is 15.8 Å². The van der Waals surface area contributed by atoms with Gasteiger partial charge in [-0.2, -0.15) is 0 Å². The molecule has 0 aliphatic heterocycles. The minimum Gasteiger partial charge on any atom is -0.377 e. The molecule has 2 amide bonds. The zero-order chi connectivity index (χ0) is 16.8. The molecule has 0 aliphatic rings. The summed E-state index contributed by atoms with van der Waals surface area (Å²) in [5.74, 6) is -1.22. The van der Waals surface area contributed by atoms with Gasteiger partial charge >= 0.3 is 0 Å². The molecule has 0 aromatic heterocycles. The van der Waals surface area contributed by atoms with E-state index in [2.05, 4.69) is 5.32 Å². The fourth-order valence-electron chi connectivity index (χ4n) is 1.84. The first-order chi connectivity index (χ1) is 10.3. The van der Waals surface area contributed by atoms with Crippen LogP contribution in [0.15, 0.2) is 24.3 Å². The fraction of sp³-hybridized carbons (Fsp3) is 0.467. The van der Waals surface area contributed by atoms with Crippen LogP contribution < -0.4 is 16.5 Å². The van der Waals surface area contributed by atoms with Gasteiger partial charge in [0.1, 0.15) is 6.04 Å². The summed E-state index contributed by atoms with van der Waals surface area (Å²) in [6.07, 6.45) is 0. The van der Waals surface area contributed by atoms with Crippen LogP contribution in [0.3, 0.4) is 0 Å². The van der Waals surface area contributed by atoms with E-state index in [0.29, 0.717) is 18.8 Å². The Morgan fingerprint density at radius 1 is 1.32 bits per heavy atom. The van der Waals surface area contributed by atoms with Crippen LogP contribution in [0.25, 0.3) is 0 Å². The summed E-state index contributed by atoms with van der Waals surface area (Å²) in [5.41, 5.74) is 7.67. The first-order valence-corrected chi connectivity index (χ1v) is 7.00. The molecule has 0 heterocycles. The first kappa shape index (κ1) is 18.1. The molecule has 0 spiro atoms. The third kappa shape index (κ3) is 5.10. The predicted octanol–water partition coefficient (Wildman–Crippen LogP) is 0.564. The second-order valence-electron chi connectivity index (χ2n) is 5.54. The first-order valence-electron chi connectivity index (χ1n) is 7.00. The second-order valence-corrected chi connectivity index (χ2v) is 5.54. The maximum absolute atomic E-state index is 12.2. The lowest BCUT2D eigenvalue weighted by Gasteiger charge is -2.29. The van der Waals surface area contributed by atoms with E-state index in [-0.39, 0.29) is 0 Å². The van der Waals surface area contributed by atoms with E-state index in [1.54, 1.807) is 38.1 Å². The number of nitrogens with one attached hydrogen (secondary N) is 2. The van der Waals surface area contributed by atoms with Gasteiger partial charge in [0, 0.05) is 17.7 Å². The molecule has 5 N–H and O–H groups in total. The largest absolute Gasteiger partial charge is 0.377 e. The number of rotatable bonds is 7. The van der Waals surface area contributed by atoms with Gasteiger partial charge in [0.15, 0.2) is 0 Å². The molecule has 0 saturated carbocycles. The van der Waals surface area contributed by atoms with Crippen molar-refractivity contribution >= 4 is 11.8 Å². The van der Waals surface area contributed by atoms with Crippen LogP contribution >= 0.6 is 0 Å². The SMILES string of the molecule is CCOCc1ccc(C(=O)N[C@H](C(=O)NO)C(C)(C)N)cc1. The van der Waals surface area contributed by atoms with Gasteiger partial charge in [0.2, 0.25) is 0 Å². The van der Waals surface area contributed by atoms with Gasteiger partial charge in [-0.25, -0.2) is 5.48 Å². The molecule has 0 bridgehead atoms. The van der Waals surface area contributed by atoms with Crippen LogP contribution in [0, 0.1) is 0 Å². The van der Waals surface area contributed by atoms with Crippen LogP contribution in [0.2, 0.25) is 0 Å². The fourth-order valence-corrected chi connectivity index (χ4v) is 1.84. The third-order valence-electron chi connectivity index (χ3n) is 3.08. The average molecular weight is 309 g/mol. The number of amides is 2. The van der Waals surface area contributed by atoms with E-state index in [1.807, 2.05) is 6.92 Å². The summed E-state index contributed by atoms with van der Waals surface area (Å²) < 4.78 is 5.28. The molecule has 0 radical (unpaired) electrons.